The Balaban J connectivity index is 2.30. The Morgan fingerprint density at radius 1 is 1.54 bits per heavy atom. The summed E-state index contributed by atoms with van der Waals surface area (Å²) in [5.74, 6) is -0.322. The Labute approximate surface area is 142 Å². The summed E-state index contributed by atoms with van der Waals surface area (Å²) in [6, 6.07) is 7.20. The molecule has 1 heterocycles. The third kappa shape index (κ3) is 4.59. The van der Waals surface area contributed by atoms with Crippen LogP contribution < -0.4 is 10.3 Å². The van der Waals surface area contributed by atoms with Crippen molar-refractivity contribution in [2.45, 2.75) is 19.8 Å². The van der Waals surface area contributed by atoms with Gasteiger partial charge in [0.25, 0.3) is 5.56 Å². The van der Waals surface area contributed by atoms with Crippen molar-refractivity contribution in [2.75, 3.05) is 6.61 Å². The summed E-state index contributed by atoms with van der Waals surface area (Å²) in [4.78, 5) is 22.9. The molecule has 0 spiro atoms. The molecule has 8 nitrogen and oxygen atoms in total. The fourth-order valence-electron chi connectivity index (χ4n) is 1.89. The second-order valence-electron chi connectivity index (χ2n) is 4.74. The zero-order valence-corrected chi connectivity index (χ0v) is 13.7. The van der Waals surface area contributed by atoms with Crippen molar-refractivity contribution in [1.29, 1.82) is 0 Å². The molecule has 0 atom stereocenters. The molecule has 1 aromatic heterocycles. The normalized spacial score (nSPS) is 10.9. The first kappa shape index (κ1) is 17.5. The molecule has 1 aromatic carbocycles. The van der Waals surface area contributed by atoms with Gasteiger partial charge in [0, 0.05) is 6.42 Å². The number of nitrogens with zero attached hydrogens (tertiary/aromatic N) is 3. The van der Waals surface area contributed by atoms with Crippen molar-refractivity contribution >= 4 is 24.4 Å². The third-order valence-corrected chi connectivity index (χ3v) is 3.25. The lowest BCUT2D eigenvalue weighted by Gasteiger charge is -2.04. The molecule has 0 bridgehead atoms. The molecule has 24 heavy (non-hydrogen) atoms. The van der Waals surface area contributed by atoms with Crippen LogP contribution in [0.3, 0.4) is 0 Å². The largest absolute Gasteiger partial charge is 0.494 e. The van der Waals surface area contributed by atoms with E-state index in [9.17, 15) is 9.59 Å². The van der Waals surface area contributed by atoms with E-state index < -0.39 is 11.5 Å². The quantitative estimate of drug-likeness (QED) is 0.581. The van der Waals surface area contributed by atoms with E-state index in [0.29, 0.717) is 12.4 Å². The van der Waals surface area contributed by atoms with Crippen LogP contribution in [0.4, 0.5) is 0 Å². The molecule has 0 radical (unpaired) electrons. The van der Waals surface area contributed by atoms with Crippen molar-refractivity contribution in [3.8, 4) is 5.75 Å². The van der Waals surface area contributed by atoms with Gasteiger partial charge >= 0.3 is 5.97 Å². The highest BCUT2D eigenvalue weighted by Gasteiger charge is 2.08. The number of benzene rings is 1. The van der Waals surface area contributed by atoms with E-state index in [1.165, 1.54) is 6.21 Å². The molecule has 0 saturated carbocycles. The van der Waals surface area contributed by atoms with E-state index in [1.54, 1.807) is 18.2 Å². The van der Waals surface area contributed by atoms with E-state index in [4.69, 9.17) is 22.1 Å². The summed E-state index contributed by atoms with van der Waals surface area (Å²) < 4.78 is 6.40. The first-order valence-corrected chi connectivity index (χ1v) is 7.61. The first-order valence-electron chi connectivity index (χ1n) is 7.21. The minimum absolute atomic E-state index is 0.00434. The summed E-state index contributed by atoms with van der Waals surface area (Å²) in [6.45, 7) is 2.43. The number of hydrogen-bond acceptors (Lipinski definition) is 6. The van der Waals surface area contributed by atoms with Crippen LogP contribution >= 0.6 is 12.2 Å². The molecule has 2 N–H and O–H groups in total. The highest BCUT2D eigenvalue weighted by atomic mass is 32.1. The lowest BCUT2D eigenvalue weighted by molar-refractivity contribution is -0.136. The highest BCUT2D eigenvalue weighted by Crippen LogP contribution is 2.11. The summed E-state index contributed by atoms with van der Waals surface area (Å²) in [7, 11) is 0. The van der Waals surface area contributed by atoms with Gasteiger partial charge in [-0.25, -0.2) is 0 Å². The van der Waals surface area contributed by atoms with Gasteiger partial charge in [-0.2, -0.15) is 14.9 Å². The Morgan fingerprint density at radius 3 is 3.04 bits per heavy atom. The molecule has 0 unspecified atom stereocenters. The molecule has 0 saturated heterocycles. The molecular formula is C15H16N4O4S. The Morgan fingerprint density at radius 2 is 2.33 bits per heavy atom. The van der Waals surface area contributed by atoms with E-state index in [2.05, 4.69) is 15.3 Å². The number of nitrogens with one attached hydrogen (secondary N) is 1. The SMILES string of the molecule is CCOc1cccc(/C=N\n2c(=S)[nH]nc(CCC(=O)O)c2=O)c1. The number of aromatic amines is 1. The highest BCUT2D eigenvalue weighted by molar-refractivity contribution is 7.71. The van der Waals surface area contributed by atoms with Crippen molar-refractivity contribution in [1.82, 2.24) is 14.9 Å². The van der Waals surface area contributed by atoms with Gasteiger partial charge in [0.15, 0.2) is 0 Å². The molecule has 0 aliphatic rings. The lowest BCUT2D eigenvalue weighted by Crippen LogP contribution is -2.25. The summed E-state index contributed by atoms with van der Waals surface area (Å²) in [5, 5.41) is 19.0. The molecule has 9 heteroatoms. The second-order valence-corrected chi connectivity index (χ2v) is 5.12. The smallest absolute Gasteiger partial charge is 0.303 e. The number of H-pyrrole nitrogens is 1. The van der Waals surface area contributed by atoms with Gasteiger partial charge in [-0.1, -0.05) is 12.1 Å². The monoisotopic (exact) mass is 348 g/mol. The predicted octanol–water partition coefficient (Wildman–Crippen LogP) is 1.60. The van der Waals surface area contributed by atoms with Crippen LogP contribution in [-0.2, 0) is 11.2 Å². The van der Waals surface area contributed by atoms with Crippen LogP contribution in [0.2, 0.25) is 0 Å². The van der Waals surface area contributed by atoms with Crippen LogP contribution in [-0.4, -0.2) is 38.8 Å². The molecule has 0 amide bonds. The molecular weight excluding hydrogens is 332 g/mol. The first-order chi connectivity index (χ1) is 11.5. The second kappa shape index (κ2) is 8.16. The van der Waals surface area contributed by atoms with Crippen LogP contribution in [0.5, 0.6) is 5.75 Å². The lowest BCUT2D eigenvalue weighted by atomic mass is 10.2. The van der Waals surface area contributed by atoms with Crippen molar-refractivity contribution in [3.05, 3.63) is 50.6 Å². The standard InChI is InChI=1S/C15H16N4O4S/c1-2-23-11-5-3-4-10(8-11)9-16-19-14(22)12(6-7-13(20)21)17-18-15(19)24/h3-5,8-9H,2,6-7H2,1H3,(H,18,24)(H,20,21)/b16-9-. The number of carbonyl (C=O) groups is 1. The minimum Gasteiger partial charge on any atom is -0.494 e. The van der Waals surface area contributed by atoms with Gasteiger partial charge in [-0.3, -0.25) is 14.7 Å². The van der Waals surface area contributed by atoms with E-state index in [0.717, 1.165) is 10.2 Å². The van der Waals surface area contributed by atoms with Gasteiger partial charge in [0.2, 0.25) is 4.77 Å². The molecule has 2 aromatic rings. The number of aromatic nitrogens is 3. The fraction of sp³-hybridized carbons (Fsp3) is 0.267. The molecule has 2 rings (SSSR count). The number of aryl methyl sites for hydroxylation is 1. The zero-order valence-electron chi connectivity index (χ0n) is 12.9. The molecule has 0 aliphatic carbocycles. The molecule has 126 valence electrons. The minimum atomic E-state index is -1.01. The Bertz CT molecular complexity index is 872. The van der Waals surface area contributed by atoms with Crippen molar-refractivity contribution < 1.29 is 14.6 Å². The van der Waals surface area contributed by atoms with Gasteiger partial charge in [0.1, 0.15) is 11.4 Å². The van der Waals surface area contributed by atoms with Crippen LogP contribution in [0.25, 0.3) is 0 Å². The Hall–Kier alpha value is -2.81. The maximum atomic E-state index is 12.3. The van der Waals surface area contributed by atoms with Crippen molar-refractivity contribution in [2.24, 2.45) is 5.10 Å². The van der Waals surface area contributed by atoms with E-state index in [1.807, 2.05) is 13.0 Å². The maximum Gasteiger partial charge on any atom is 0.303 e. The van der Waals surface area contributed by atoms with Crippen molar-refractivity contribution in [3.63, 3.8) is 0 Å². The van der Waals surface area contributed by atoms with Crippen LogP contribution in [0.15, 0.2) is 34.2 Å². The molecule has 0 fully saturated rings. The number of aliphatic carboxylic acids is 1. The number of carboxylic acid groups (broad SMARTS) is 1. The summed E-state index contributed by atoms with van der Waals surface area (Å²) >= 11 is 5.01. The van der Waals surface area contributed by atoms with E-state index >= 15 is 0 Å². The number of hydrogen-bond donors (Lipinski definition) is 2. The topological polar surface area (TPSA) is 110 Å². The maximum absolute atomic E-state index is 12.3. The number of rotatable bonds is 7. The van der Waals surface area contributed by atoms with Gasteiger partial charge < -0.3 is 9.84 Å². The average molecular weight is 348 g/mol. The fourth-order valence-corrected chi connectivity index (χ4v) is 2.07. The number of carboxylic acids is 1. The van der Waals surface area contributed by atoms with Crippen LogP contribution in [0.1, 0.15) is 24.6 Å². The Kier molecular flexibility index (Phi) is 5.96. The summed E-state index contributed by atoms with van der Waals surface area (Å²) in [6.07, 6.45) is 1.26. The average Bonchev–Trinajstić information content (AvgIpc) is 2.54. The van der Waals surface area contributed by atoms with Gasteiger partial charge in [-0.05, 0) is 36.8 Å². The third-order valence-electron chi connectivity index (χ3n) is 2.99. The van der Waals surface area contributed by atoms with Gasteiger partial charge in [0.05, 0.1) is 19.2 Å². The zero-order chi connectivity index (χ0) is 17.5. The molecule has 0 aliphatic heterocycles. The van der Waals surface area contributed by atoms with Crippen LogP contribution in [0, 0.1) is 4.77 Å². The summed E-state index contributed by atoms with van der Waals surface area (Å²) in [5.41, 5.74) is 0.245. The van der Waals surface area contributed by atoms with E-state index in [-0.39, 0.29) is 23.3 Å². The number of ether oxygens (including phenoxy) is 1. The van der Waals surface area contributed by atoms with Gasteiger partial charge in [-0.15, -0.1) is 0 Å². The predicted molar refractivity (Wildman–Crippen MR) is 90.2 cm³/mol.